The van der Waals surface area contributed by atoms with Crippen molar-refractivity contribution >= 4 is 44.1 Å². The Bertz CT molecular complexity index is 1510. The third-order valence-corrected chi connectivity index (χ3v) is 6.99. The van der Waals surface area contributed by atoms with Gasteiger partial charge in [0.05, 0.1) is 28.4 Å². The average Bonchev–Trinajstić information content (AvgIpc) is 3.40. The molecule has 5 rings (SSSR count). The lowest BCUT2D eigenvalue weighted by Gasteiger charge is -2.23. The molecule has 1 aromatic heterocycles. The fourth-order valence-corrected chi connectivity index (χ4v) is 5.32. The lowest BCUT2D eigenvalue weighted by molar-refractivity contribution is -0.132. The molecule has 0 aliphatic carbocycles. The van der Waals surface area contributed by atoms with E-state index in [1.165, 1.54) is 28.4 Å². The quantitative estimate of drug-likeness (QED) is 0.199. The van der Waals surface area contributed by atoms with E-state index in [-0.39, 0.29) is 17.1 Å². The fourth-order valence-electron chi connectivity index (χ4n) is 4.23. The van der Waals surface area contributed by atoms with Gasteiger partial charge < -0.3 is 14.9 Å². The number of aryl methyl sites for hydroxylation is 1. The number of thiazole rings is 1. The van der Waals surface area contributed by atoms with Gasteiger partial charge in [-0.15, -0.1) is 0 Å². The molecule has 1 aliphatic heterocycles. The molecular formula is C28H24N2O5S. The fraction of sp³-hybridized carbons (Fsp3) is 0.179. The van der Waals surface area contributed by atoms with Gasteiger partial charge in [0.15, 0.2) is 5.13 Å². The molecule has 0 saturated carbocycles. The van der Waals surface area contributed by atoms with Crippen molar-refractivity contribution in [2.24, 2.45) is 0 Å². The molecule has 182 valence electrons. The van der Waals surface area contributed by atoms with Crippen LogP contribution < -0.4 is 9.64 Å². The molecule has 2 N–H and O–H groups in total. The van der Waals surface area contributed by atoms with Crippen LogP contribution in [0.1, 0.15) is 36.1 Å². The molecule has 1 aliphatic rings. The van der Waals surface area contributed by atoms with Crippen LogP contribution in [0, 0.1) is 6.92 Å². The standard InChI is InChI=1S/C28H24N2O5S/c1-3-13-35-20-6-4-5-18(15-20)25(32)23-24(17-8-10-19(31)11-9-17)30(27(34)26(23)33)28-29-21-12-7-16(2)14-22(21)36-28/h4-12,14-15,24,31-32H,3,13H2,1-2H3/b25-23+. The number of benzene rings is 3. The summed E-state index contributed by atoms with van der Waals surface area (Å²) < 4.78 is 6.57. The van der Waals surface area contributed by atoms with E-state index in [0.717, 1.165) is 16.7 Å². The van der Waals surface area contributed by atoms with Crippen LogP contribution in [0.2, 0.25) is 0 Å². The number of rotatable bonds is 6. The first-order valence-corrected chi connectivity index (χ1v) is 12.4. The zero-order chi connectivity index (χ0) is 25.4. The Balaban J connectivity index is 1.68. The smallest absolute Gasteiger partial charge is 0.301 e. The summed E-state index contributed by atoms with van der Waals surface area (Å²) >= 11 is 1.31. The van der Waals surface area contributed by atoms with Gasteiger partial charge in [-0.05, 0) is 60.9 Å². The SMILES string of the molecule is CCCOc1cccc(/C(O)=C2\C(=O)C(=O)N(c3nc4ccc(C)cc4s3)C2c2ccc(O)cc2)c1. The maximum Gasteiger partial charge on any atom is 0.301 e. The number of ketones is 1. The predicted octanol–water partition coefficient (Wildman–Crippen LogP) is 5.73. The van der Waals surface area contributed by atoms with Crippen LogP contribution in [0.4, 0.5) is 5.13 Å². The van der Waals surface area contributed by atoms with Gasteiger partial charge in [-0.1, -0.05) is 48.6 Å². The molecule has 1 fully saturated rings. The third-order valence-electron chi connectivity index (χ3n) is 5.97. The molecule has 1 amide bonds. The highest BCUT2D eigenvalue weighted by atomic mass is 32.1. The van der Waals surface area contributed by atoms with Gasteiger partial charge in [0.25, 0.3) is 5.78 Å². The lowest BCUT2D eigenvalue weighted by atomic mass is 9.95. The minimum absolute atomic E-state index is 0.0474. The number of phenols is 1. The van der Waals surface area contributed by atoms with E-state index in [4.69, 9.17) is 4.74 Å². The number of nitrogens with zero attached hydrogens (tertiary/aromatic N) is 2. The molecule has 4 aromatic rings. The number of aliphatic hydroxyl groups excluding tert-OH is 1. The van der Waals surface area contributed by atoms with E-state index in [0.29, 0.717) is 34.1 Å². The number of anilines is 1. The molecule has 7 nitrogen and oxygen atoms in total. The number of carbonyl (C=O) groups excluding carboxylic acids is 2. The number of hydrogen-bond donors (Lipinski definition) is 2. The Morgan fingerprint density at radius 2 is 1.86 bits per heavy atom. The van der Waals surface area contributed by atoms with E-state index in [1.54, 1.807) is 36.4 Å². The number of ether oxygens (including phenoxy) is 1. The van der Waals surface area contributed by atoms with Gasteiger partial charge in [0.1, 0.15) is 17.3 Å². The predicted molar refractivity (Wildman–Crippen MR) is 139 cm³/mol. The number of carbonyl (C=O) groups is 2. The summed E-state index contributed by atoms with van der Waals surface area (Å²) in [4.78, 5) is 32.7. The summed E-state index contributed by atoms with van der Waals surface area (Å²) in [5.74, 6) is -1.28. The van der Waals surface area contributed by atoms with Gasteiger partial charge in [0.2, 0.25) is 0 Å². The van der Waals surface area contributed by atoms with Crippen molar-refractivity contribution in [3.8, 4) is 11.5 Å². The Kier molecular flexibility index (Phi) is 6.20. The molecule has 8 heteroatoms. The van der Waals surface area contributed by atoms with Crippen LogP contribution in [0.5, 0.6) is 11.5 Å². The minimum atomic E-state index is -0.924. The molecule has 36 heavy (non-hydrogen) atoms. The second kappa shape index (κ2) is 9.47. The first-order valence-electron chi connectivity index (χ1n) is 11.6. The Morgan fingerprint density at radius 3 is 2.61 bits per heavy atom. The maximum atomic E-state index is 13.4. The Labute approximate surface area is 211 Å². The lowest BCUT2D eigenvalue weighted by Crippen LogP contribution is -2.29. The number of hydrogen-bond acceptors (Lipinski definition) is 7. The summed E-state index contributed by atoms with van der Waals surface area (Å²) in [6.07, 6.45) is 0.823. The molecular weight excluding hydrogens is 476 g/mol. The number of phenolic OH excluding ortho intramolecular Hbond substituents is 1. The van der Waals surface area contributed by atoms with Crippen LogP contribution in [0.3, 0.4) is 0 Å². The third kappa shape index (κ3) is 4.20. The van der Waals surface area contributed by atoms with Gasteiger partial charge in [-0.25, -0.2) is 4.98 Å². The molecule has 0 bridgehead atoms. The van der Waals surface area contributed by atoms with Crippen molar-refractivity contribution in [3.63, 3.8) is 0 Å². The highest BCUT2D eigenvalue weighted by Crippen LogP contribution is 2.44. The van der Waals surface area contributed by atoms with E-state index in [9.17, 15) is 19.8 Å². The van der Waals surface area contributed by atoms with E-state index in [1.807, 2.05) is 32.0 Å². The van der Waals surface area contributed by atoms with Crippen LogP contribution in [0.25, 0.3) is 16.0 Å². The number of aliphatic hydroxyl groups is 1. The van der Waals surface area contributed by atoms with Crippen molar-refractivity contribution in [1.29, 1.82) is 0 Å². The van der Waals surface area contributed by atoms with Crippen molar-refractivity contribution < 1.29 is 24.5 Å². The topological polar surface area (TPSA) is 100.0 Å². The summed E-state index contributed by atoms with van der Waals surface area (Å²) in [6, 6.07) is 17.9. The summed E-state index contributed by atoms with van der Waals surface area (Å²) in [5, 5.41) is 21.5. The second-order valence-corrected chi connectivity index (χ2v) is 9.61. The van der Waals surface area contributed by atoms with E-state index < -0.39 is 17.7 Å². The summed E-state index contributed by atoms with van der Waals surface area (Å²) in [6.45, 7) is 4.48. The molecule has 0 radical (unpaired) electrons. The monoisotopic (exact) mass is 500 g/mol. The van der Waals surface area contributed by atoms with E-state index in [2.05, 4.69) is 4.98 Å². The number of Topliss-reactive ketones (excluding diaryl/α,β-unsaturated/α-hetero) is 1. The Morgan fingerprint density at radius 1 is 1.08 bits per heavy atom. The number of amides is 1. The van der Waals surface area contributed by atoms with Crippen LogP contribution >= 0.6 is 11.3 Å². The Hall–Kier alpha value is -4.17. The maximum absolute atomic E-state index is 13.4. The first-order chi connectivity index (χ1) is 17.4. The second-order valence-electron chi connectivity index (χ2n) is 8.60. The van der Waals surface area contributed by atoms with E-state index >= 15 is 0 Å². The molecule has 2 heterocycles. The highest BCUT2D eigenvalue weighted by molar-refractivity contribution is 7.22. The molecule has 0 spiro atoms. The number of aromatic nitrogens is 1. The van der Waals surface area contributed by atoms with Crippen LogP contribution in [-0.4, -0.2) is 33.5 Å². The average molecular weight is 501 g/mol. The zero-order valence-corrected chi connectivity index (χ0v) is 20.6. The van der Waals surface area contributed by atoms with Crippen LogP contribution in [0.15, 0.2) is 72.3 Å². The molecule has 1 saturated heterocycles. The zero-order valence-electron chi connectivity index (χ0n) is 19.8. The summed E-state index contributed by atoms with van der Waals surface area (Å²) in [7, 11) is 0. The number of aromatic hydroxyl groups is 1. The largest absolute Gasteiger partial charge is 0.508 e. The molecule has 1 unspecified atom stereocenters. The van der Waals surface area contributed by atoms with Crippen LogP contribution in [-0.2, 0) is 9.59 Å². The first kappa shape index (κ1) is 23.6. The molecule has 3 aromatic carbocycles. The highest BCUT2D eigenvalue weighted by Gasteiger charge is 2.48. The van der Waals surface area contributed by atoms with Gasteiger partial charge in [0, 0.05) is 5.56 Å². The van der Waals surface area contributed by atoms with Crippen molar-refractivity contribution in [2.45, 2.75) is 26.3 Å². The minimum Gasteiger partial charge on any atom is -0.508 e. The van der Waals surface area contributed by atoms with Gasteiger partial charge in [-0.2, -0.15) is 0 Å². The van der Waals surface area contributed by atoms with Crippen molar-refractivity contribution in [3.05, 3.63) is 89.0 Å². The molecule has 1 atom stereocenters. The van der Waals surface area contributed by atoms with Crippen molar-refractivity contribution in [2.75, 3.05) is 11.5 Å². The van der Waals surface area contributed by atoms with Gasteiger partial charge in [-0.3, -0.25) is 14.5 Å². The van der Waals surface area contributed by atoms with Crippen molar-refractivity contribution in [1.82, 2.24) is 4.98 Å². The normalized spacial score (nSPS) is 17.2. The van der Waals surface area contributed by atoms with Gasteiger partial charge >= 0.3 is 5.91 Å². The number of fused-ring (bicyclic) bond motifs is 1. The summed E-state index contributed by atoms with van der Waals surface area (Å²) in [5.41, 5.74) is 2.65.